The number of halogens is 1. The molecule has 3 N–H and O–H groups in total. The third-order valence-electron chi connectivity index (χ3n) is 3.18. The van der Waals surface area contributed by atoms with E-state index in [0.717, 1.165) is 24.5 Å². The molecule has 0 aliphatic rings. The van der Waals surface area contributed by atoms with Crippen molar-refractivity contribution in [1.82, 2.24) is 4.90 Å². The smallest absolute Gasteiger partial charge is 0.193 e. The van der Waals surface area contributed by atoms with E-state index in [-0.39, 0.29) is 24.0 Å². The van der Waals surface area contributed by atoms with Crippen LogP contribution < -0.4 is 15.8 Å². The molecule has 120 valence electrons. The number of aliphatic imine (C=N–C) groups is 1. The molecule has 0 aliphatic carbocycles. The summed E-state index contributed by atoms with van der Waals surface area (Å²) in [6, 6.07) is 8.16. The Morgan fingerprint density at radius 1 is 1.38 bits per heavy atom. The molecule has 0 heterocycles. The van der Waals surface area contributed by atoms with Crippen LogP contribution in [0.2, 0.25) is 0 Å². The minimum atomic E-state index is 0. The standard InChI is InChI=1S/C15H26N4O.HI/c1-5-19(12(2)3)11-10-17-15(16)18-13-8-6-7-9-14(13)20-4;/h6-9,12H,5,10-11H2,1-4H3,(H3,16,17,18);1H. The Bertz CT molecular complexity index is 437. The van der Waals surface area contributed by atoms with Crippen LogP contribution in [0.5, 0.6) is 5.75 Å². The number of hydrogen-bond acceptors (Lipinski definition) is 3. The first kappa shape index (κ1) is 20.0. The van der Waals surface area contributed by atoms with Crippen molar-refractivity contribution in [2.24, 2.45) is 10.7 Å². The van der Waals surface area contributed by atoms with Crippen LogP contribution in [-0.2, 0) is 0 Å². The molecule has 0 fully saturated rings. The summed E-state index contributed by atoms with van der Waals surface area (Å²) in [6.45, 7) is 9.13. The van der Waals surface area contributed by atoms with Crippen molar-refractivity contribution in [3.63, 3.8) is 0 Å². The van der Waals surface area contributed by atoms with Crippen molar-refractivity contribution >= 4 is 35.6 Å². The Labute approximate surface area is 145 Å². The van der Waals surface area contributed by atoms with Crippen molar-refractivity contribution < 1.29 is 4.74 Å². The summed E-state index contributed by atoms with van der Waals surface area (Å²) in [6.07, 6.45) is 0. The van der Waals surface area contributed by atoms with Gasteiger partial charge < -0.3 is 15.8 Å². The minimum absolute atomic E-state index is 0. The van der Waals surface area contributed by atoms with Crippen molar-refractivity contribution in [3.8, 4) is 5.75 Å². The topological polar surface area (TPSA) is 62.9 Å². The Hall–Kier alpha value is -1.02. The van der Waals surface area contributed by atoms with E-state index < -0.39 is 0 Å². The molecule has 0 aliphatic heterocycles. The van der Waals surface area contributed by atoms with Gasteiger partial charge in [0.1, 0.15) is 5.75 Å². The zero-order valence-electron chi connectivity index (χ0n) is 13.3. The third kappa shape index (κ3) is 6.99. The van der Waals surface area contributed by atoms with Gasteiger partial charge in [-0.05, 0) is 32.5 Å². The molecule has 0 bridgehead atoms. The van der Waals surface area contributed by atoms with E-state index in [1.165, 1.54) is 0 Å². The lowest BCUT2D eigenvalue weighted by molar-refractivity contribution is 0.241. The molecule has 5 nitrogen and oxygen atoms in total. The number of nitrogens with two attached hydrogens (primary N) is 1. The maximum Gasteiger partial charge on any atom is 0.193 e. The molecule has 1 rings (SSSR count). The molecule has 1 aromatic carbocycles. The van der Waals surface area contributed by atoms with Gasteiger partial charge in [0.25, 0.3) is 0 Å². The number of nitrogens with zero attached hydrogens (tertiary/aromatic N) is 2. The van der Waals surface area contributed by atoms with Crippen LogP contribution >= 0.6 is 24.0 Å². The number of ether oxygens (including phenoxy) is 1. The highest BCUT2D eigenvalue weighted by Crippen LogP contribution is 2.22. The molecule has 0 saturated heterocycles. The molecule has 0 radical (unpaired) electrons. The fourth-order valence-electron chi connectivity index (χ4n) is 2.01. The lowest BCUT2D eigenvalue weighted by atomic mass is 10.3. The lowest BCUT2D eigenvalue weighted by Gasteiger charge is -2.23. The number of para-hydroxylation sites is 2. The molecule has 0 amide bonds. The van der Waals surface area contributed by atoms with E-state index >= 15 is 0 Å². The zero-order valence-corrected chi connectivity index (χ0v) is 15.6. The quantitative estimate of drug-likeness (QED) is 0.415. The van der Waals surface area contributed by atoms with Crippen LogP contribution in [0, 0.1) is 0 Å². The zero-order chi connectivity index (χ0) is 15.0. The van der Waals surface area contributed by atoms with Gasteiger partial charge >= 0.3 is 0 Å². The maximum atomic E-state index is 5.90. The molecule has 0 unspecified atom stereocenters. The normalized spacial score (nSPS) is 11.4. The van der Waals surface area contributed by atoms with Crippen LogP contribution in [0.25, 0.3) is 0 Å². The van der Waals surface area contributed by atoms with E-state index in [1.54, 1.807) is 7.11 Å². The number of hydrogen-bond donors (Lipinski definition) is 2. The fraction of sp³-hybridized carbons (Fsp3) is 0.533. The predicted octanol–water partition coefficient (Wildman–Crippen LogP) is 2.77. The average molecular weight is 406 g/mol. The first-order valence-electron chi connectivity index (χ1n) is 7.02. The van der Waals surface area contributed by atoms with E-state index in [4.69, 9.17) is 10.5 Å². The van der Waals surface area contributed by atoms with Gasteiger partial charge in [-0.3, -0.25) is 9.89 Å². The average Bonchev–Trinajstić information content (AvgIpc) is 2.43. The van der Waals surface area contributed by atoms with Crippen LogP contribution in [-0.4, -0.2) is 43.6 Å². The Morgan fingerprint density at radius 2 is 2.05 bits per heavy atom. The summed E-state index contributed by atoms with van der Waals surface area (Å²) in [4.78, 5) is 6.70. The van der Waals surface area contributed by atoms with Gasteiger partial charge in [-0.1, -0.05) is 19.1 Å². The summed E-state index contributed by atoms with van der Waals surface area (Å²) in [5.74, 6) is 1.16. The molecular weight excluding hydrogens is 379 g/mol. The Balaban J connectivity index is 0.00000400. The molecule has 0 saturated carbocycles. The minimum Gasteiger partial charge on any atom is -0.495 e. The SMILES string of the molecule is CCN(CCN=C(N)Nc1ccccc1OC)C(C)C.I. The number of guanidine groups is 1. The van der Waals surface area contributed by atoms with Gasteiger partial charge in [-0.25, -0.2) is 0 Å². The number of benzene rings is 1. The van der Waals surface area contributed by atoms with Crippen molar-refractivity contribution in [2.75, 3.05) is 32.1 Å². The van der Waals surface area contributed by atoms with Crippen LogP contribution in [0.15, 0.2) is 29.3 Å². The number of likely N-dealkylation sites (N-methyl/N-ethyl adjacent to an activating group) is 1. The van der Waals surface area contributed by atoms with E-state index in [2.05, 4.69) is 36.0 Å². The largest absolute Gasteiger partial charge is 0.495 e. The number of methoxy groups -OCH3 is 1. The van der Waals surface area contributed by atoms with Crippen molar-refractivity contribution in [1.29, 1.82) is 0 Å². The molecule has 0 spiro atoms. The van der Waals surface area contributed by atoms with Crippen LogP contribution in [0.1, 0.15) is 20.8 Å². The van der Waals surface area contributed by atoms with E-state index in [1.807, 2.05) is 24.3 Å². The Kier molecular flexibility index (Phi) is 10.2. The lowest BCUT2D eigenvalue weighted by Crippen LogP contribution is -2.33. The van der Waals surface area contributed by atoms with E-state index in [9.17, 15) is 0 Å². The second-order valence-corrected chi connectivity index (χ2v) is 4.81. The highest BCUT2D eigenvalue weighted by atomic mass is 127. The molecule has 0 aromatic heterocycles. The second kappa shape index (κ2) is 10.7. The molecule has 0 atom stereocenters. The van der Waals surface area contributed by atoms with Gasteiger partial charge in [0, 0.05) is 12.6 Å². The van der Waals surface area contributed by atoms with Gasteiger partial charge in [0.05, 0.1) is 19.3 Å². The Morgan fingerprint density at radius 3 is 2.62 bits per heavy atom. The maximum absolute atomic E-state index is 5.90. The van der Waals surface area contributed by atoms with Crippen LogP contribution in [0.4, 0.5) is 5.69 Å². The van der Waals surface area contributed by atoms with Gasteiger partial charge in [0.15, 0.2) is 5.96 Å². The number of rotatable bonds is 7. The summed E-state index contributed by atoms with van der Waals surface area (Å²) < 4.78 is 5.26. The first-order valence-corrected chi connectivity index (χ1v) is 7.02. The molecular formula is C15H27IN4O. The third-order valence-corrected chi connectivity index (χ3v) is 3.18. The molecule has 1 aromatic rings. The molecule has 6 heteroatoms. The highest BCUT2D eigenvalue weighted by molar-refractivity contribution is 14.0. The predicted molar refractivity (Wildman–Crippen MR) is 101 cm³/mol. The number of nitrogens with one attached hydrogen (secondary N) is 1. The van der Waals surface area contributed by atoms with Crippen LogP contribution in [0.3, 0.4) is 0 Å². The van der Waals surface area contributed by atoms with Gasteiger partial charge in [-0.2, -0.15) is 0 Å². The summed E-state index contributed by atoms with van der Waals surface area (Å²) in [7, 11) is 1.63. The van der Waals surface area contributed by atoms with Crippen molar-refractivity contribution in [2.45, 2.75) is 26.8 Å². The second-order valence-electron chi connectivity index (χ2n) is 4.81. The highest BCUT2D eigenvalue weighted by Gasteiger charge is 2.06. The van der Waals surface area contributed by atoms with Gasteiger partial charge in [-0.15, -0.1) is 24.0 Å². The first-order chi connectivity index (χ1) is 9.58. The summed E-state index contributed by atoms with van der Waals surface area (Å²) in [5, 5.41) is 3.07. The van der Waals surface area contributed by atoms with Crippen molar-refractivity contribution in [3.05, 3.63) is 24.3 Å². The summed E-state index contributed by atoms with van der Waals surface area (Å²) >= 11 is 0. The van der Waals surface area contributed by atoms with Gasteiger partial charge in [0.2, 0.25) is 0 Å². The van der Waals surface area contributed by atoms with E-state index in [0.29, 0.717) is 18.5 Å². The monoisotopic (exact) mass is 406 g/mol. The molecule has 21 heavy (non-hydrogen) atoms. The number of anilines is 1. The summed E-state index contributed by atoms with van der Waals surface area (Å²) in [5.41, 5.74) is 6.72. The fourth-order valence-corrected chi connectivity index (χ4v) is 2.01.